The van der Waals surface area contributed by atoms with Gasteiger partial charge in [0.25, 0.3) is 0 Å². The summed E-state index contributed by atoms with van der Waals surface area (Å²) in [6.07, 6.45) is 4.64. The smallest absolute Gasteiger partial charge is 0.137 e. The van der Waals surface area contributed by atoms with Crippen LogP contribution in [0, 0.1) is 0 Å². The molecule has 0 aliphatic carbocycles. The molecule has 0 saturated carbocycles. The Labute approximate surface area is 126 Å². The molecule has 0 radical (unpaired) electrons. The van der Waals surface area contributed by atoms with E-state index in [0.717, 1.165) is 28.8 Å². The predicted octanol–water partition coefficient (Wildman–Crippen LogP) is 4.00. The molecule has 0 saturated heterocycles. The molecule has 0 aliphatic heterocycles. The lowest BCUT2D eigenvalue weighted by Gasteiger charge is -2.15. The van der Waals surface area contributed by atoms with Gasteiger partial charge in [-0.15, -0.1) is 11.3 Å². The van der Waals surface area contributed by atoms with Gasteiger partial charge in [0, 0.05) is 20.9 Å². The average molecular weight is 341 g/mol. The third-order valence-electron chi connectivity index (χ3n) is 2.70. The monoisotopic (exact) mass is 340 g/mol. The Kier molecular flexibility index (Phi) is 5.36. The summed E-state index contributed by atoms with van der Waals surface area (Å²) in [6, 6.07) is 4.33. The van der Waals surface area contributed by atoms with Crippen LogP contribution in [0.25, 0.3) is 0 Å². The number of hydrogen-bond acceptors (Lipinski definition) is 4. The molecular formula is C14H17BrN2OS. The van der Waals surface area contributed by atoms with Gasteiger partial charge in [-0.05, 0) is 47.1 Å². The number of thiophene rings is 1. The van der Waals surface area contributed by atoms with Crippen LogP contribution in [-0.4, -0.2) is 18.6 Å². The van der Waals surface area contributed by atoms with E-state index in [0.29, 0.717) is 0 Å². The molecule has 0 amide bonds. The fraction of sp³-hybridized carbons (Fsp3) is 0.357. The lowest BCUT2D eigenvalue weighted by atomic mass is 10.1. The molecule has 0 aromatic carbocycles. The van der Waals surface area contributed by atoms with Gasteiger partial charge < -0.3 is 10.1 Å². The summed E-state index contributed by atoms with van der Waals surface area (Å²) >= 11 is 5.22. The third kappa shape index (κ3) is 3.78. The van der Waals surface area contributed by atoms with Crippen molar-refractivity contribution in [3.63, 3.8) is 0 Å². The second-order valence-corrected chi connectivity index (χ2v) is 6.05. The first-order valence-corrected chi connectivity index (χ1v) is 7.90. The molecule has 3 nitrogen and oxygen atoms in total. The summed E-state index contributed by atoms with van der Waals surface area (Å²) in [5, 5.41) is 5.41. The molecule has 1 atom stereocenters. The molecule has 2 heterocycles. The van der Waals surface area contributed by atoms with E-state index >= 15 is 0 Å². The van der Waals surface area contributed by atoms with Crippen molar-refractivity contribution >= 4 is 27.3 Å². The van der Waals surface area contributed by atoms with Crippen LogP contribution in [0.5, 0.6) is 5.75 Å². The van der Waals surface area contributed by atoms with Crippen LogP contribution in [0.3, 0.4) is 0 Å². The van der Waals surface area contributed by atoms with Crippen LogP contribution < -0.4 is 10.1 Å². The maximum atomic E-state index is 5.64. The largest absolute Gasteiger partial charge is 0.492 e. The molecular weight excluding hydrogens is 324 g/mol. The zero-order chi connectivity index (χ0) is 13.7. The van der Waals surface area contributed by atoms with Crippen molar-refractivity contribution < 1.29 is 4.74 Å². The highest BCUT2D eigenvalue weighted by Crippen LogP contribution is 2.30. The molecule has 1 N–H and O–H groups in total. The highest BCUT2D eigenvalue weighted by Gasteiger charge is 2.15. The zero-order valence-corrected chi connectivity index (χ0v) is 13.4. The van der Waals surface area contributed by atoms with Gasteiger partial charge in [0.05, 0.1) is 18.8 Å². The van der Waals surface area contributed by atoms with Crippen LogP contribution >= 0.6 is 27.3 Å². The molecule has 5 heteroatoms. The molecule has 1 unspecified atom stereocenters. The van der Waals surface area contributed by atoms with E-state index in [-0.39, 0.29) is 6.04 Å². The molecule has 0 spiro atoms. The fourth-order valence-electron chi connectivity index (χ4n) is 1.85. The maximum Gasteiger partial charge on any atom is 0.137 e. The number of ether oxygens (including phenoxy) is 1. The van der Waals surface area contributed by atoms with E-state index in [1.807, 2.05) is 13.2 Å². The van der Waals surface area contributed by atoms with Crippen LogP contribution in [-0.2, 0) is 0 Å². The maximum absolute atomic E-state index is 5.64. The van der Waals surface area contributed by atoms with Crippen molar-refractivity contribution in [3.8, 4) is 5.75 Å². The van der Waals surface area contributed by atoms with Crippen LogP contribution in [0.2, 0.25) is 0 Å². The van der Waals surface area contributed by atoms with Gasteiger partial charge in [-0.3, -0.25) is 4.98 Å². The van der Waals surface area contributed by atoms with Crippen LogP contribution in [0.15, 0.2) is 34.4 Å². The highest BCUT2D eigenvalue weighted by atomic mass is 79.9. The van der Waals surface area contributed by atoms with E-state index in [2.05, 4.69) is 50.7 Å². The minimum absolute atomic E-state index is 0.147. The average Bonchev–Trinajstić information content (AvgIpc) is 2.84. The lowest BCUT2D eigenvalue weighted by molar-refractivity contribution is 0.315. The van der Waals surface area contributed by atoms with Crippen molar-refractivity contribution in [3.05, 3.63) is 44.8 Å². The fourth-order valence-corrected chi connectivity index (χ4v) is 3.43. The van der Waals surface area contributed by atoms with Crippen molar-refractivity contribution in [2.24, 2.45) is 0 Å². The Morgan fingerprint density at radius 2 is 2.26 bits per heavy atom. The minimum Gasteiger partial charge on any atom is -0.492 e. The molecule has 2 aromatic rings. The molecule has 0 bridgehead atoms. The summed E-state index contributed by atoms with van der Waals surface area (Å²) in [5.74, 6) is 0.829. The molecule has 102 valence electrons. The van der Waals surface area contributed by atoms with Crippen LogP contribution in [0.1, 0.15) is 29.8 Å². The number of nitrogens with zero attached hydrogens (tertiary/aromatic N) is 1. The molecule has 2 rings (SSSR count). The highest BCUT2D eigenvalue weighted by molar-refractivity contribution is 9.10. The Hall–Kier alpha value is -0.910. The van der Waals surface area contributed by atoms with Gasteiger partial charge in [0.1, 0.15) is 5.75 Å². The lowest BCUT2D eigenvalue weighted by Crippen LogP contribution is -2.16. The first-order chi connectivity index (χ1) is 9.24. The van der Waals surface area contributed by atoms with Crippen molar-refractivity contribution in [2.45, 2.75) is 19.4 Å². The standard InChI is InChI=1S/C14H17BrN2OS/c1-3-4-18-12-5-10(7-17-8-12)14(16-2)13-6-11(15)9-19-13/h5-9,14,16H,3-4H2,1-2H3. The Bertz CT molecular complexity index is 530. The number of halogens is 1. The molecule has 0 aliphatic rings. The summed E-state index contributed by atoms with van der Waals surface area (Å²) in [5.41, 5.74) is 1.12. The zero-order valence-electron chi connectivity index (χ0n) is 11.0. The van der Waals surface area contributed by atoms with Crippen molar-refractivity contribution in [1.82, 2.24) is 10.3 Å². The normalized spacial score (nSPS) is 12.4. The van der Waals surface area contributed by atoms with E-state index in [1.165, 1.54) is 4.88 Å². The first kappa shape index (κ1) is 14.5. The quantitative estimate of drug-likeness (QED) is 0.862. The summed E-state index contributed by atoms with van der Waals surface area (Å²) < 4.78 is 6.75. The number of nitrogens with one attached hydrogen (secondary N) is 1. The second-order valence-electron chi connectivity index (χ2n) is 4.19. The van der Waals surface area contributed by atoms with E-state index < -0.39 is 0 Å². The number of rotatable bonds is 6. The molecule has 0 fully saturated rings. The van der Waals surface area contributed by atoms with E-state index in [4.69, 9.17) is 4.74 Å². The topological polar surface area (TPSA) is 34.1 Å². The van der Waals surface area contributed by atoms with Gasteiger partial charge in [-0.25, -0.2) is 0 Å². The number of pyridine rings is 1. The SMILES string of the molecule is CCCOc1cncc(C(NC)c2cc(Br)cs2)c1. The Morgan fingerprint density at radius 3 is 2.89 bits per heavy atom. The van der Waals surface area contributed by atoms with E-state index in [1.54, 1.807) is 17.5 Å². The molecule has 19 heavy (non-hydrogen) atoms. The minimum atomic E-state index is 0.147. The van der Waals surface area contributed by atoms with Crippen LogP contribution in [0.4, 0.5) is 0 Å². The summed E-state index contributed by atoms with van der Waals surface area (Å²) in [4.78, 5) is 5.52. The predicted molar refractivity (Wildman–Crippen MR) is 82.9 cm³/mol. The van der Waals surface area contributed by atoms with Gasteiger partial charge in [0.2, 0.25) is 0 Å². The Morgan fingerprint density at radius 1 is 1.42 bits per heavy atom. The van der Waals surface area contributed by atoms with Crippen molar-refractivity contribution in [1.29, 1.82) is 0 Å². The second kappa shape index (κ2) is 7.03. The Balaban J connectivity index is 2.23. The van der Waals surface area contributed by atoms with E-state index in [9.17, 15) is 0 Å². The van der Waals surface area contributed by atoms with Crippen molar-refractivity contribution in [2.75, 3.05) is 13.7 Å². The number of aromatic nitrogens is 1. The third-order valence-corrected chi connectivity index (χ3v) is 4.46. The van der Waals surface area contributed by atoms with Gasteiger partial charge in [-0.1, -0.05) is 6.92 Å². The van der Waals surface area contributed by atoms with Gasteiger partial charge in [-0.2, -0.15) is 0 Å². The number of hydrogen-bond donors (Lipinski definition) is 1. The van der Waals surface area contributed by atoms with Gasteiger partial charge in [0.15, 0.2) is 0 Å². The molecule has 2 aromatic heterocycles. The summed E-state index contributed by atoms with van der Waals surface area (Å²) in [7, 11) is 1.96. The first-order valence-electron chi connectivity index (χ1n) is 6.23. The summed E-state index contributed by atoms with van der Waals surface area (Å²) in [6.45, 7) is 2.82. The van der Waals surface area contributed by atoms with Gasteiger partial charge >= 0.3 is 0 Å².